The maximum atomic E-state index is 10.9. The number of carbonyl (C=O) groups excluding carboxylic acids is 2. The molecule has 0 aromatic heterocycles. The van der Waals surface area contributed by atoms with E-state index in [-0.39, 0.29) is 6.42 Å². The van der Waals surface area contributed by atoms with Gasteiger partial charge in [-0.1, -0.05) is 5.92 Å². The molecule has 0 rings (SSSR count). The number of hydrogen-bond donors (Lipinski definition) is 2. The van der Waals surface area contributed by atoms with Crippen molar-refractivity contribution in [3.05, 3.63) is 0 Å². The van der Waals surface area contributed by atoms with Crippen molar-refractivity contribution in [1.29, 1.82) is 0 Å². The molecule has 0 heterocycles. The first-order chi connectivity index (χ1) is 6.15. The third kappa shape index (κ3) is 4.13. The van der Waals surface area contributed by atoms with Crippen molar-refractivity contribution in [2.75, 3.05) is 13.7 Å². The van der Waals surface area contributed by atoms with E-state index in [4.69, 9.17) is 11.5 Å². The fourth-order valence-corrected chi connectivity index (χ4v) is 0.659. The van der Waals surface area contributed by atoms with Crippen LogP contribution in [0.1, 0.15) is 6.42 Å². The molecule has 0 bridgehead atoms. The van der Waals surface area contributed by atoms with Crippen LogP contribution in [0.25, 0.3) is 0 Å². The van der Waals surface area contributed by atoms with Crippen LogP contribution in [0.2, 0.25) is 0 Å². The number of methoxy groups -OCH3 is 1. The highest BCUT2D eigenvalue weighted by Crippen LogP contribution is 1.88. The number of aliphatic hydroxyl groups is 1. The summed E-state index contributed by atoms with van der Waals surface area (Å²) in [6.07, 6.45) is 4.73. The van der Waals surface area contributed by atoms with Gasteiger partial charge in [0.15, 0.2) is 6.04 Å². The SMILES string of the molecule is C#CCC(=O)NC(CO)C(=O)OC. The second-order valence-electron chi connectivity index (χ2n) is 2.21. The van der Waals surface area contributed by atoms with Gasteiger partial charge >= 0.3 is 5.97 Å². The lowest BCUT2D eigenvalue weighted by Gasteiger charge is -2.12. The van der Waals surface area contributed by atoms with Crippen LogP contribution < -0.4 is 5.32 Å². The molecule has 0 fully saturated rings. The van der Waals surface area contributed by atoms with Gasteiger partial charge in [-0.3, -0.25) is 4.79 Å². The van der Waals surface area contributed by atoms with Gasteiger partial charge in [-0.2, -0.15) is 0 Å². The van der Waals surface area contributed by atoms with E-state index in [1.807, 2.05) is 0 Å². The molecule has 0 aromatic rings. The van der Waals surface area contributed by atoms with Crippen molar-refractivity contribution in [3.63, 3.8) is 0 Å². The average molecular weight is 185 g/mol. The lowest BCUT2D eigenvalue weighted by atomic mass is 10.3. The highest BCUT2D eigenvalue weighted by atomic mass is 16.5. The van der Waals surface area contributed by atoms with E-state index in [9.17, 15) is 9.59 Å². The quantitative estimate of drug-likeness (QED) is 0.420. The molecule has 0 aliphatic rings. The number of hydrogen-bond acceptors (Lipinski definition) is 4. The Morgan fingerprint density at radius 1 is 1.69 bits per heavy atom. The van der Waals surface area contributed by atoms with Crippen molar-refractivity contribution < 1.29 is 19.4 Å². The first kappa shape index (κ1) is 11.5. The van der Waals surface area contributed by atoms with Crippen molar-refractivity contribution in [2.45, 2.75) is 12.5 Å². The zero-order valence-electron chi connectivity index (χ0n) is 7.24. The van der Waals surface area contributed by atoms with E-state index in [1.165, 1.54) is 7.11 Å². The Hall–Kier alpha value is -1.54. The molecule has 1 amide bonds. The van der Waals surface area contributed by atoms with Gasteiger partial charge in [0.1, 0.15) is 0 Å². The molecule has 5 nitrogen and oxygen atoms in total. The number of esters is 1. The molecule has 13 heavy (non-hydrogen) atoms. The Labute approximate surface area is 76.1 Å². The van der Waals surface area contributed by atoms with E-state index in [0.717, 1.165) is 0 Å². The maximum Gasteiger partial charge on any atom is 0.330 e. The topological polar surface area (TPSA) is 75.6 Å². The van der Waals surface area contributed by atoms with E-state index >= 15 is 0 Å². The number of aliphatic hydroxyl groups excluding tert-OH is 1. The zero-order chi connectivity index (χ0) is 10.3. The lowest BCUT2D eigenvalue weighted by Crippen LogP contribution is -2.43. The summed E-state index contributed by atoms with van der Waals surface area (Å²) in [5.74, 6) is 0.913. The Bertz CT molecular complexity index is 231. The van der Waals surface area contributed by atoms with Crippen molar-refractivity contribution >= 4 is 11.9 Å². The van der Waals surface area contributed by atoms with Gasteiger partial charge in [-0.15, -0.1) is 6.42 Å². The summed E-state index contributed by atoms with van der Waals surface area (Å²) in [5.41, 5.74) is 0. The molecule has 0 radical (unpaired) electrons. The molecule has 1 unspecified atom stereocenters. The normalized spacial score (nSPS) is 11.2. The molecule has 5 heteroatoms. The minimum Gasteiger partial charge on any atom is -0.467 e. The van der Waals surface area contributed by atoms with Gasteiger partial charge in [0.2, 0.25) is 5.91 Å². The molecular formula is C8H11NO4. The highest BCUT2D eigenvalue weighted by Gasteiger charge is 2.19. The van der Waals surface area contributed by atoms with Crippen LogP contribution in [0.3, 0.4) is 0 Å². The molecule has 0 spiro atoms. The van der Waals surface area contributed by atoms with Crippen LogP contribution in [0, 0.1) is 12.3 Å². The predicted molar refractivity (Wildman–Crippen MR) is 44.5 cm³/mol. The third-order valence-corrected chi connectivity index (χ3v) is 1.27. The summed E-state index contributed by atoms with van der Waals surface area (Å²) >= 11 is 0. The largest absolute Gasteiger partial charge is 0.467 e. The van der Waals surface area contributed by atoms with Crippen LogP contribution in [0.5, 0.6) is 0 Å². The highest BCUT2D eigenvalue weighted by molar-refractivity contribution is 5.85. The molecule has 0 aromatic carbocycles. The van der Waals surface area contributed by atoms with Crippen LogP contribution in [-0.4, -0.2) is 36.7 Å². The first-order valence-electron chi connectivity index (χ1n) is 3.57. The van der Waals surface area contributed by atoms with Gasteiger partial charge in [0.25, 0.3) is 0 Å². The molecule has 2 N–H and O–H groups in total. The minimum absolute atomic E-state index is 0.131. The van der Waals surface area contributed by atoms with E-state index in [1.54, 1.807) is 0 Å². The number of rotatable bonds is 4. The molecular weight excluding hydrogens is 174 g/mol. The summed E-state index contributed by atoms with van der Waals surface area (Å²) in [5, 5.41) is 10.9. The van der Waals surface area contributed by atoms with Gasteiger partial charge < -0.3 is 15.2 Å². The van der Waals surface area contributed by atoms with E-state index < -0.39 is 24.5 Å². The Balaban J connectivity index is 4.06. The van der Waals surface area contributed by atoms with Gasteiger partial charge in [0, 0.05) is 0 Å². The first-order valence-corrected chi connectivity index (χ1v) is 3.57. The maximum absolute atomic E-state index is 10.9. The number of ether oxygens (including phenoxy) is 1. The zero-order valence-corrected chi connectivity index (χ0v) is 7.24. The van der Waals surface area contributed by atoms with E-state index in [2.05, 4.69) is 16.0 Å². The van der Waals surface area contributed by atoms with Gasteiger partial charge in [0.05, 0.1) is 20.1 Å². The second kappa shape index (κ2) is 6.03. The van der Waals surface area contributed by atoms with Crippen molar-refractivity contribution in [3.8, 4) is 12.3 Å². The monoisotopic (exact) mass is 185 g/mol. The van der Waals surface area contributed by atoms with Crippen LogP contribution in [-0.2, 0) is 14.3 Å². The molecule has 0 saturated carbocycles. The molecule has 72 valence electrons. The minimum atomic E-state index is -1.04. The Morgan fingerprint density at radius 2 is 2.31 bits per heavy atom. The summed E-state index contributed by atoms with van der Waals surface area (Å²) in [6.45, 7) is -0.511. The fourth-order valence-electron chi connectivity index (χ4n) is 0.659. The van der Waals surface area contributed by atoms with Crippen LogP contribution in [0.4, 0.5) is 0 Å². The van der Waals surface area contributed by atoms with Crippen molar-refractivity contribution in [2.24, 2.45) is 0 Å². The molecule has 1 atom stereocenters. The second-order valence-corrected chi connectivity index (χ2v) is 2.21. The number of nitrogens with one attached hydrogen (secondary N) is 1. The number of terminal acetylenes is 1. The molecule has 0 saturated heterocycles. The van der Waals surface area contributed by atoms with E-state index in [0.29, 0.717) is 0 Å². The summed E-state index contributed by atoms with van der Waals surface area (Å²) in [6, 6.07) is -1.04. The summed E-state index contributed by atoms with van der Waals surface area (Å²) < 4.78 is 4.32. The average Bonchev–Trinajstić information content (AvgIpc) is 2.13. The summed E-state index contributed by atoms with van der Waals surface area (Å²) in [4.78, 5) is 21.7. The Kier molecular flexibility index (Phi) is 5.32. The van der Waals surface area contributed by atoms with Crippen molar-refractivity contribution in [1.82, 2.24) is 5.32 Å². The van der Waals surface area contributed by atoms with Gasteiger partial charge in [-0.25, -0.2) is 4.79 Å². The smallest absolute Gasteiger partial charge is 0.330 e. The standard InChI is InChI=1S/C8H11NO4/c1-3-4-7(11)9-6(5-10)8(12)13-2/h1,6,10H,4-5H2,2H3,(H,9,11). The van der Waals surface area contributed by atoms with Gasteiger partial charge in [-0.05, 0) is 0 Å². The third-order valence-electron chi connectivity index (χ3n) is 1.27. The number of carbonyl (C=O) groups is 2. The fraction of sp³-hybridized carbons (Fsp3) is 0.500. The molecule has 0 aliphatic heterocycles. The Morgan fingerprint density at radius 3 is 2.69 bits per heavy atom. The summed E-state index contributed by atoms with van der Waals surface area (Å²) in [7, 11) is 1.17. The predicted octanol–water partition coefficient (Wildman–Crippen LogP) is -1.34. The lowest BCUT2D eigenvalue weighted by molar-refractivity contribution is -0.146. The van der Waals surface area contributed by atoms with Crippen LogP contribution >= 0.6 is 0 Å². The molecule has 0 aliphatic carbocycles. The van der Waals surface area contributed by atoms with Crippen LogP contribution in [0.15, 0.2) is 0 Å². The number of amides is 1.